The maximum atomic E-state index is 13.1. The van der Waals surface area contributed by atoms with Crippen LogP contribution in [0.4, 0.5) is 0 Å². The molecule has 4 aromatic rings. The smallest absolute Gasteiger partial charge is 0.329 e. The Morgan fingerprint density at radius 1 is 1.03 bits per heavy atom. The first-order valence-electron chi connectivity index (χ1n) is 10.1. The molecule has 4 rings (SSSR count). The van der Waals surface area contributed by atoms with E-state index < -0.39 is 17.4 Å². The van der Waals surface area contributed by atoms with E-state index in [1.54, 1.807) is 24.3 Å². The summed E-state index contributed by atoms with van der Waals surface area (Å²) in [6.07, 6.45) is 0.263. The molecule has 0 aliphatic carbocycles. The van der Waals surface area contributed by atoms with Gasteiger partial charge in [0.15, 0.2) is 0 Å². The molecule has 31 heavy (non-hydrogen) atoms. The Hall–Kier alpha value is -3.38. The number of thiophene rings is 1. The lowest BCUT2D eigenvalue weighted by Crippen LogP contribution is -2.51. The molecule has 158 valence electrons. The summed E-state index contributed by atoms with van der Waals surface area (Å²) in [6.45, 7) is 3.54. The number of carboxylic acids is 1. The summed E-state index contributed by atoms with van der Waals surface area (Å²) in [6, 6.07) is 19.3. The largest absolute Gasteiger partial charge is 0.487 e. The number of nitrogens with one attached hydrogen (secondary N) is 1. The lowest BCUT2D eigenvalue weighted by molar-refractivity contribution is -0.143. The molecular weight excluding hydrogens is 410 g/mol. The number of hydrogen-bond donors (Lipinski definition) is 2. The average molecular weight is 434 g/mol. The Labute approximate surface area is 184 Å². The van der Waals surface area contributed by atoms with E-state index in [0.29, 0.717) is 17.9 Å². The molecule has 0 spiro atoms. The summed E-state index contributed by atoms with van der Waals surface area (Å²) in [5, 5.41) is 17.2. The molecular formula is C25H23NO4S. The predicted octanol–water partition coefficient (Wildman–Crippen LogP) is 5.62. The van der Waals surface area contributed by atoms with Crippen molar-refractivity contribution in [3.05, 3.63) is 77.2 Å². The normalized spacial score (nSPS) is 13.1. The Bertz CT molecular complexity index is 1280. The van der Waals surface area contributed by atoms with E-state index >= 15 is 0 Å². The van der Waals surface area contributed by atoms with E-state index in [4.69, 9.17) is 4.74 Å². The van der Waals surface area contributed by atoms with Crippen molar-refractivity contribution in [2.75, 3.05) is 0 Å². The summed E-state index contributed by atoms with van der Waals surface area (Å²) in [4.78, 5) is 24.8. The quantitative estimate of drug-likeness (QED) is 0.397. The van der Waals surface area contributed by atoms with Crippen LogP contribution in [-0.2, 0) is 11.4 Å². The van der Waals surface area contributed by atoms with Crippen LogP contribution in [0.1, 0.15) is 36.2 Å². The van der Waals surface area contributed by atoms with Gasteiger partial charge in [0, 0.05) is 15.6 Å². The zero-order valence-corrected chi connectivity index (χ0v) is 18.2. The van der Waals surface area contributed by atoms with Gasteiger partial charge in [-0.1, -0.05) is 55.5 Å². The highest BCUT2D eigenvalue weighted by atomic mass is 32.1. The fourth-order valence-electron chi connectivity index (χ4n) is 3.48. The number of fused-ring (bicyclic) bond motifs is 2. The number of carbonyl (C=O) groups excluding carboxylic acids is 1. The summed E-state index contributed by atoms with van der Waals surface area (Å²) < 4.78 is 7.41. The van der Waals surface area contributed by atoms with Gasteiger partial charge in [0.1, 0.15) is 17.9 Å². The number of amides is 1. The standard InChI is InChI=1S/C25H23NO4S/c1-3-25(2,24(28)29)26-23(27)20-13-12-16-8-4-5-10-19(16)22(20)30-14-17-15-31-21-11-7-6-9-18(17)21/h4-13,15H,3,14H2,1-2H3,(H,26,27)(H,28,29). The van der Waals surface area contributed by atoms with Gasteiger partial charge in [-0.2, -0.15) is 0 Å². The monoisotopic (exact) mass is 433 g/mol. The fraction of sp³-hybridized carbons (Fsp3) is 0.200. The summed E-state index contributed by atoms with van der Waals surface area (Å²) in [5.41, 5.74) is 0.00629. The van der Waals surface area contributed by atoms with Crippen LogP contribution in [0.25, 0.3) is 20.9 Å². The van der Waals surface area contributed by atoms with Gasteiger partial charge >= 0.3 is 5.97 Å². The predicted molar refractivity (Wildman–Crippen MR) is 124 cm³/mol. The molecule has 5 nitrogen and oxygen atoms in total. The number of hydrogen-bond acceptors (Lipinski definition) is 4. The highest BCUT2D eigenvalue weighted by Crippen LogP contribution is 2.33. The molecule has 0 bridgehead atoms. The number of rotatable bonds is 7. The van der Waals surface area contributed by atoms with Crippen molar-refractivity contribution in [2.45, 2.75) is 32.4 Å². The topological polar surface area (TPSA) is 75.6 Å². The van der Waals surface area contributed by atoms with Crippen molar-refractivity contribution < 1.29 is 19.4 Å². The fourth-order valence-corrected chi connectivity index (χ4v) is 4.43. The second-order valence-corrected chi connectivity index (χ2v) is 8.57. The van der Waals surface area contributed by atoms with Crippen molar-refractivity contribution in [3.8, 4) is 5.75 Å². The van der Waals surface area contributed by atoms with Gasteiger partial charge in [-0.25, -0.2) is 4.79 Å². The highest BCUT2D eigenvalue weighted by Gasteiger charge is 2.34. The lowest BCUT2D eigenvalue weighted by atomic mass is 9.97. The minimum atomic E-state index is -1.36. The Balaban J connectivity index is 1.72. The molecule has 0 saturated heterocycles. The molecule has 0 saturated carbocycles. The van der Waals surface area contributed by atoms with Crippen LogP contribution in [0.2, 0.25) is 0 Å². The van der Waals surface area contributed by atoms with Crippen LogP contribution in [0.15, 0.2) is 66.0 Å². The summed E-state index contributed by atoms with van der Waals surface area (Å²) >= 11 is 1.65. The lowest BCUT2D eigenvalue weighted by Gasteiger charge is -2.25. The van der Waals surface area contributed by atoms with Gasteiger partial charge < -0.3 is 15.2 Å². The van der Waals surface area contributed by atoms with Gasteiger partial charge in [0.25, 0.3) is 5.91 Å². The van der Waals surface area contributed by atoms with E-state index in [2.05, 4.69) is 22.8 Å². The molecule has 0 fully saturated rings. The van der Waals surface area contributed by atoms with Gasteiger partial charge in [-0.15, -0.1) is 11.3 Å². The number of benzene rings is 3. The number of carbonyl (C=O) groups is 2. The molecule has 0 radical (unpaired) electrons. The van der Waals surface area contributed by atoms with Crippen LogP contribution in [0.5, 0.6) is 5.75 Å². The van der Waals surface area contributed by atoms with E-state index in [-0.39, 0.29) is 6.42 Å². The molecule has 0 aliphatic rings. The van der Waals surface area contributed by atoms with Gasteiger partial charge in [-0.05, 0) is 41.6 Å². The molecule has 1 atom stereocenters. The molecule has 1 aromatic heterocycles. The molecule has 1 heterocycles. The molecule has 2 N–H and O–H groups in total. The third-order valence-corrected chi connectivity index (χ3v) is 6.64. The van der Waals surface area contributed by atoms with Crippen LogP contribution in [0, 0.1) is 0 Å². The van der Waals surface area contributed by atoms with Gasteiger partial charge in [0.2, 0.25) is 0 Å². The second kappa shape index (κ2) is 8.40. The van der Waals surface area contributed by atoms with E-state index in [0.717, 1.165) is 21.7 Å². The number of carboxylic acid groups (broad SMARTS) is 1. The van der Waals surface area contributed by atoms with Crippen molar-refractivity contribution >= 4 is 44.1 Å². The van der Waals surface area contributed by atoms with Crippen molar-refractivity contribution in [1.82, 2.24) is 5.32 Å². The highest BCUT2D eigenvalue weighted by molar-refractivity contribution is 7.17. The van der Waals surface area contributed by atoms with Crippen molar-refractivity contribution in [1.29, 1.82) is 0 Å². The summed E-state index contributed by atoms with van der Waals surface area (Å²) in [7, 11) is 0. The van der Waals surface area contributed by atoms with Gasteiger partial charge in [0.05, 0.1) is 5.56 Å². The first-order valence-corrected chi connectivity index (χ1v) is 11.0. The molecule has 6 heteroatoms. The SMILES string of the molecule is CCC(C)(NC(=O)c1ccc2ccccc2c1OCc1csc2ccccc12)C(=O)O. The van der Waals surface area contributed by atoms with Gasteiger partial charge in [-0.3, -0.25) is 4.79 Å². The zero-order chi connectivity index (χ0) is 22.0. The van der Waals surface area contributed by atoms with E-state index in [9.17, 15) is 14.7 Å². The van der Waals surface area contributed by atoms with Crippen LogP contribution in [-0.4, -0.2) is 22.5 Å². The Morgan fingerprint density at radius 3 is 2.48 bits per heavy atom. The van der Waals surface area contributed by atoms with Crippen molar-refractivity contribution in [3.63, 3.8) is 0 Å². The van der Waals surface area contributed by atoms with Crippen LogP contribution in [0.3, 0.4) is 0 Å². The van der Waals surface area contributed by atoms with Crippen LogP contribution < -0.4 is 10.1 Å². The molecule has 3 aromatic carbocycles. The minimum absolute atomic E-state index is 0.263. The third-order valence-electron chi connectivity index (χ3n) is 5.63. The minimum Gasteiger partial charge on any atom is -0.487 e. The van der Waals surface area contributed by atoms with Crippen molar-refractivity contribution in [2.24, 2.45) is 0 Å². The Morgan fingerprint density at radius 2 is 1.74 bits per heavy atom. The number of ether oxygens (including phenoxy) is 1. The van der Waals surface area contributed by atoms with E-state index in [1.807, 2.05) is 42.5 Å². The maximum Gasteiger partial charge on any atom is 0.329 e. The first kappa shape index (κ1) is 20.9. The zero-order valence-electron chi connectivity index (χ0n) is 17.3. The molecule has 1 amide bonds. The van der Waals surface area contributed by atoms with E-state index in [1.165, 1.54) is 11.6 Å². The second-order valence-electron chi connectivity index (χ2n) is 7.65. The summed E-state index contributed by atoms with van der Waals surface area (Å²) in [5.74, 6) is -1.09. The maximum absolute atomic E-state index is 13.1. The molecule has 1 unspecified atom stereocenters. The van der Waals surface area contributed by atoms with Crippen LogP contribution >= 0.6 is 11.3 Å². The molecule has 0 aliphatic heterocycles. The average Bonchev–Trinajstić information content (AvgIpc) is 3.20. The third kappa shape index (κ3) is 3.99. The first-order chi connectivity index (χ1) is 14.9. The number of aliphatic carboxylic acids is 1. The Kier molecular flexibility index (Phi) is 5.65.